The average molecular weight is 459 g/mol. The van der Waals surface area contributed by atoms with Crippen LogP contribution in [0.25, 0.3) is 10.2 Å². The van der Waals surface area contributed by atoms with E-state index in [1.807, 2.05) is 30.3 Å². The molecule has 8 nitrogen and oxygen atoms in total. The first kappa shape index (κ1) is 23.5. The molecule has 0 saturated carbocycles. The van der Waals surface area contributed by atoms with Gasteiger partial charge in [-0.2, -0.15) is 0 Å². The van der Waals surface area contributed by atoms with Gasteiger partial charge in [0.05, 0.1) is 12.0 Å². The highest BCUT2D eigenvalue weighted by atomic mass is 32.1. The molecule has 3 rings (SSSR count). The Morgan fingerprint density at radius 1 is 1.06 bits per heavy atom. The molecule has 0 aliphatic heterocycles. The van der Waals surface area contributed by atoms with Gasteiger partial charge in [-0.1, -0.05) is 30.3 Å². The molecule has 0 unspecified atom stereocenters. The summed E-state index contributed by atoms with van der Waals surface area (Å²) in [6.45, 7) is 6.77. The van der Waals surface area contributed by atoms with Crippen LogP contribution in [0.3, 0.4) is 0 Å². The Balaban J connectivity index is 2.10. The SMILES string of the molecule is CCOC(=O)c1cc2c(=O)n(CC(=O)OC(C)(C)C)c(=O)n(CCc3ccccc3)c2s1. The van der Waals surface area contributed by atoms with Gasteiger partial charge < -0.3 is 9.47 Å². The number of hydrogen-bond acceptors (Lipinski definition) is 7. The number of aryl methyl sites for hydroxylation is 2. The summed E-state index contributed by atoms with van der Waals surface area (Å²) in [5.41, 5.74) is -1.00. The predicted octanol–water partition coefficient (Wildman–Crippen LogP) is 2.99. The van der Waals surface area contributed by atoms with E-state index in [0.717, 1.165) is 21.5 Å². The third-order valence-electron chi connectivity index (χ3n) is 4.55. The molecule has 0 amide bonds. The summed E-state index contributed by atoms with van der Waals surface area (Å²) < 4.78 is 12.6. The van der Waals surface area contributed by atoms with Crippen molar-refractivity contribution >= 4 is 33.5 Å². The molecule has 0 atom stereocenters. The first-order valence-electron chi connectivity index (χ1n) is 10.3. The van der Waals surface area contributed by atoms with Gasteiger partial charge in [-0.05, 0) is 45.7 Å². The lowest BCUT2D eigenvalue weighted by atomic mass is 10.1. The number of nitrogens with zero attached hydrogens (tertiary/aromatic N) is 2. The topological polar surface area (TPSA) is 96.6 Å². The van der Waals surface area contributed by atoms with Gasteiger partial charge in [0.25, 0.3) is 5.56 Å². The molecular formula is C23H26N2O6S. The predicted molar refractivity (Wildman–Crippen MR) is 122 cm³/mol. The largest absolute Gasteiger partial charge is 0.462 e. The van der Waals surface area contributed by atoms with Gasteiger partial charge in [0.1, 0.15) is 21.9 Å². The number of benzene rings is 1. The molecular weight excluding hydrogens is 432 g/mol. The number of hydrogen-bond donors (Lipinski definition) is 0. The molecule has 9 heteroatoms. The first-order valence-corrected chi connectivity index (χ1v) is 11.1. The van der Waals surface area contributed by atoms with E-state index in [9.17, 15) is 19.2 Å². The Labute approximate surface area is 189 Å². The van der Waals surface area contributed by atoms with E-state index in [1.165, 1.54) is 10.6 Å². The molecule has 0 spiro atoms. The maximum absolute atomic E-state index is 13.2. The molecule has 0 radical (unpaired) electrons. The Morgan fingerprint density at radius 3 is 2.38 bits per heavy atom. The third kappa shape index (κ3) is 5.34. The molecule has 2 heterocycles. The van der Waals surface area contributed by atoms with Gasteiger partial charge >= 0.3 is 17.6 Å². The highest BCUT2D eigenvalue weighted by Gasteiger charge is 2.23. The van der Waals surface area contributed by atoms with Crippen LogP contribution in [0.5, 0.6) is 0 Å². The minimum atomic E-state index is -0.753. The van der Waals surface area contributed by atoms with E-state index in [2.05, 4.69) is 0 Å². The molecule has 3 aromatic rings. The van der Waals surface area contributed by atoms with E-state index in [0.29, 0.717) is 11.3 Å². The molecule has 0 N–H and O–H groups in total. The van der Waals surface area contributed by atoms with Crippen molar-refractivity contribution < 1.29 is 19.1 Å². The molecule has 170 valence electrons. The summed E-state index contributed by atoms with van der Waals surface area (Å²) in [5, 5.41) is 0.189. The van der Waals surface area contributed by atoms with Crippen LogP contribution >= 0.6 is 11.3 Å². The fourth-order valence-electron chi connectivity index (χ4n) is 3.23. The Hall–Kier alpha value is -3.20. The van der Waals surface area contributed by atoms with Crippen LogP contribution in [0.15, 0.2) is 46.0 Å². The number of ether oxygens (including phenoxy) is 2. The van der Waals surface area contributed by atoms with Crippen molar-refractivity contribution in [3.8, 4) is 0 Å². The number of aromatic nitrogens is 2. The number of carbonyl (C=O) groups excluding carboxylic acids is 2. The fourth-order valence-corrected chi connectivity index (χ4v) is 4.29. The number of rotatable bonds is 7. The van der Waals surface area contributed by atoms with E-state index >= 15 is 0 Å². The normalized spacial score (nSPS) is 11.5. The van der Waals surface area contributed by atoms with Crippen LogP contribution in [0.1, 0.15) is 42.9 Å². The molecule has 0 aliphatic carbocycles. The van der Waals surface area contributed by atoms with Gasteiger partial charge in [0.2, 0.25) is 0 Å². The first-order chi connectivity index (χ1) is 15.1. The zero-order valence-electron chi connectivity index (χ0n) is 18.5. The Bertz CT molecular complexity index is 1250. The Kier molecular flexibility index (Phi) is 6.98. The highest BCUT2D eigenvalue weighted by Crippen LogP contribution is 2.23. The van der Waals surface area contributed by atoms with Crippen LogP contribution < -0.4 is 11.2 Å². The summed E-state index contributed by atoms with van der Waals surface area (Å²) in [5.74, 6) is -1.25. The second-order valence-corrected chi connectivity index (χ2v) is 9.23. The minimum absolute atomic E-state index is 0.189. The lowest BCUT2D eigenvalue weighted by molar-refractivity contribution is -0.155. The zero-order valence-corrected chi connectivity index (χ0v) is 19.4. The Morgan fingerprint density at radius 2 is 1.75 bits per heavy atom. The lowest BCUT2D eigenvalue weighted by Gasteiger charge is -2.20. The molecule has 2 aromatic heterocycles. The summed E-state index contributed by atoms with van der Waals surface area (Å²) in [4.78, 5) is 51.5. The van der Waals surface area contributed by atoms with Gasteiger partial charge in [-0.3, -0.25) is 14.2 Å². The molecule has 32 heavy (non-hydrogen) atoms. The van der Waals surface area contributed by atoms with E-state index in [4.69, 9.17) is 9.47 Å². The quantitative estimate of drug-likeness (QED) is 0.505. The van der Waals surface area contributed by atoms with Crippen molar-refractivity contribution in [2.24, 2.45) is 0 Å². The van der Waals surface area contributed by atoms with Crippen molar-refractivity contribution in [2.75, 3.05) is 6.61 Å². The smallest absolute Gasteiger partial charge is 0.348 e. The molecule has 0 saturated heterocycles. The van der Waals surface area contributed by atoms with Crippen molar-refractivity contribution in [1.82, 2.24) is 9.13 Å². The summed E-state index contributed by atoms with van der Waals surface area (Å²) >= 11 is 1.03. The van der Waals surface area contributed by atoms with Crippen molar-refractivity contribution in [2.45, 2.75) is 52.8 Å². The van der Waals surface area contributed by atoms with Crippen LogP contribution in [0.2, 0.25) is 0 Å². The van der Waals surface area contributed by atoms with Crippen LogP contribution in [0, 0.1) is 0 Å². The van der Waals surface area contributed by atoms with Gasteiger partial charge in [-0.15, -0.1) is 11.3 Å². The molecule has 0 fully saturated rings. The summed E-state index contributed by atoms with van der Waals surface area (Å²) in [7, 11) is 0. The monoisotopic (exact) mass is 458 g/mol. The zero-order chi connectivity index (χ0) is 23.5. The highest BCUT2D eigenvalue weighted by molar-refractivity contribution is 7.20. The fraction of sp³-hybridized carbons (Fsp3) is 0.391. The van der Waals surface area contributed by atoms with Gasteiger partial charge in [-0.25, -0.2) is 14.2 Å². The lowest BCUT2D eigenvalue weighted by Crippen LogP contribution is -2.42. The number of carbonyl (C=O) groups is 2. The summed E-state index contributed by atoms with van der Waals surface area (Å²) in [6.07, 6.45) is 0.535. The second-order valence-electron chi connectivity index (χ2n) is 8.20. The standard InChI is InChI=1S/C23H26N2O6S/c1-5-30-21(28)17-13-16-19(27)25(14-18(26)31-23(2,3)4)22(29)24(20(16)32-17)12-11-15-9-7-6-8-10-15/h6-10,13H,5,11-12,14H2,1-4H3. The number of thiophene rings is 1. The van der Waals surface area contributed by atoms with Crippen molar-refractivity contribution in [3.05, 3.63) is 67.7 Å². The molecule has 0 aliphatic rings. The van der Waals surface area contributed by atoms with Crippen LogP contribution in [-0.2, 0) is 33.8 Å². The maximum Gasteiger partial charge on any atom is 0.348 e. The van der Waals surface area contributed by atoms with Gasteiger partial charge in [0.15, 0.2) is 0 Å². The van der Waals surface area contributed by atoms with E-state index in [1.54, 1.807) is 27.7 Å². The third-order valence-corrected chi connectivity index (χ3v) is 5.68. The van der Waals surface area contributed by atoms with E-state index < -0.39 is 35.3 Å². The van der Waals surface area contributed by atoms with Crippen molar-refractivity contribution in [1.29, 1.82) is 0 Å². The minimum Gasteiger partial charge on any atom is -0.462 e. The summed E-state index contributed by atoms with van der Waals surface area (Å²) in [6, 6.07) is 11.0. The van der Waals surface area contributed by atoms with Crippen LogP contribution in [-0.4, -0.2) is 33.3 Å². The maximum atomic E-state index is 13.2. The van der Waals surface area contributed by atoms with Crippen LogP contribution in [0.4, 0.5) is 0 Å². The molecule has 0 bridgehead atoms. The molecule has 1 aromatic carbocycles. The average Bonchev–Trinajstić information content (AvgIpc) is 3.16. The number of fused-ring (bicyclic) bond motifs is 1. The van der Waals surface area contributed by atoms with Gasteiger partial charge in [0, 0.05) is 6.54 Å². The second kappa shape index (κ2) is 9.52. The number of esters is 2. The van der Waals surface area contributed by atoms with Crippen molar-refractivity contribution in [3.63, 3.8) is 0 Å². The van der Waals surface area contributed by atoms with E-state index in [-0.39, 0.29) is 23.4 Å².